The highest BCUT2D eigenvalue weighted by Crippen LogP contribution is 2.37. The van der Waals surface area contributed by atoms with Gasteiger partial charge in [-0.1, -0.05) is 18.2 Å². The zero-order valence-corrected chi connectivity index (χ0v) is 14.1. The fourth-order valence-corrected chi connectivity index (χ4v) is 3.40. The molecule has 2 N–H and O–H groups in total. The number of pyridine rings is 1. The summed E-state index contributed by atoms with van der Waals surface area (Å²) in [6.45, 7) is 3.34. The van der Waals surface area contributed by atoms with Crippen molar-refractivity contribution in [3.05, 3.63) is 53.7 Å². The molecular weight excluding hydrogens is 318 g/mol. The highest BCUT2D eigenvalue weighted by Gasteiger charge is 2.41. The molecule has 0 radical (unpaired) electrons. The van der Waals surface area contributed by atoms with Gasteiger partial charge in [-0.25, -0.2) is 4.98 Å². The molecule has 3 heterocycles. The monoisotopic (exact) mass is 339 g/mol. The maximum atomic E-state index is 12.4. The van der Waals surface area contributed by atoms with Gasteiger partial charge in [-0.2, -0.15) is 0 Å². The summed E-state index contributed by atoms with van der Waals surface area (Å²) in [6.07, 6.45) is 1.51. The summed E-state index contributed by atoms with van der Waals surface area (Å²) in [7, 11) is 0. The molecule has 2 aliphatic rings. The number of aromatic nitrogens is 1. The van der Waals surface area contributed by atoms with E-state index in [-0.39, 0.29) is 12.0 Å². The minimum absolute atomic E-state index is 0.105. The van der Waals surface area contributed by atoms with Crippen molar-refractivity contribution < 1.29 is 14.3 Å². The van der Waals surface area contributed by atoms with Crippen LogP contribution in [0.5, 0.6) is 5.88 Å². The maximum absolute atomic E-state index is 12.4. The first-order valence-electron chi connectivity index (χ1n) is 8.63. The van der Waals surface area contributed by atoms with Crippen molar-refractivity contribution in [2.45, 2.75) is 31.6 Å². The predicted octanol–water partition coefficient (Wildman–Crippen LogP) is 2.53. The first-order chi connectivity index (χ1) is 12.2. The lowest BCUT2D eigenvalue weighted by Gasteiger charge is -2.23. The average Bonchev–Trinajstić information content (AvgIpc) is 3.26. The molecule has 2 fully saturated rings. The molecule has 25 heavy (non-hydrogen) atoms. The Bertz CT molecular complexity index is 763. The van der Waals surface area contributed by atoms with Gasteiger partial charge >= 0.3 is 0 Å². The van der Waals surface area contributed by atoms with Gasteiger partial charge in [0.05, 0.1) is 18.8 Å². The molecule has 2 saturated heterocycles. The van der Waals surface area contributed by atoms with Crippen molar-refractivity contribution in [2.75, 3.05) is 18.5 Å². The van der Waals surface area contributed by atoms with Crippen LogP contribution in [-0.4, -0.2) is 36.2 Å². The van der Waals surface area contributed by atoms with E-state index >= 15 is 0 Å². The maximum Gasteiger partial charge on any atom is 0.274 e. The van der Waals surface area contributed by atoms with E-state index in [0.717, 1.165) is 24.2 Å². The van der Waals surface area contributed by atoms with Crippen LogP contribution in [0.2, 0.25) is 0 Å². The zero-order chi connectivity index (χ0) is 17.2. The number of amides is 1. The van der Waals surface area contributed by atoms with E-state index in [4.69, 9.17) is 9.47 Å². The molecule has 1 aromatic heterocycles. The van der Waals surface area contributed by atoms with Gasteiger partial charge < -0.3 is 20.1 Å². The number of nitrogens with zero attached hydrogens (tertiary/aromatic N) is 1. The summed E-state index contributed by atoms with van der Waals surface area (Å²) >= 11 is 0. The number of ether oxygens (including phenoxy) is 2. The number of nitrogens with one attached hydrogen (secondary N) is 2. The lowest BCUT2D eigenvalue weighted by atomic mass is 10.0. The molecule has 6 nitrogen and oxygen atoms in total. The van der Waals surface area contributed by atoms with Crippen LogP contribution in [-0.2, 0) is 4.74 Å². The standard InChI is InChI=1S/C19H21N3O3/c1-2-24-17-5-3-4-15(22-17)19(23)21-13-8-6-12(7-9-13)18-16-10-14(25-18)11-20-16/h3-9,14,16,18,20H,2,10-11H2,1H3,(H,21,23)/t14-,16-,18+/m0/s1. The summed E-state index contributed by atoms with van der Waals surface area (Å²) in [5.74, 6) is 0.193. The molecule has 1 aromatic carbocycles. The molecule has 0 unspecified atom stereocenters. The van der Waals surface area contributed by atoms with Gasteiger partial charge in [-0.3, -0.25) is 4.79 Å². The van der Waals surface area contributed by atoms with Gasteiger partial charge in [-0.15, -0.1) is 0 Å². The largest absolute Gasteiger partial charge is 0.478 e. The number of benzene rings is 1. The van der Waals surface area contributed by atoms with Gasteiger partial charge in [0, 0.05) is 24.3 Å². The van der Waals surface area contributed by atoms with Crippen molar-refractivity contribution in [3.8, 4) is 5.88 Å². The molecule has 0 aliphatic carbocycles. The van der Waals surface area contributed by atoms with Crippen LogP contribution < -0.4 is 15.4 Å². The van der Waals surface area contributed by atoms with Gasteiger partial charge in [0.25, 0.3) is 5.91 Å². The number of anilines is 1. The highest BCUT2D eigenvalue weighted by molar-refractivity contribution is 6.02. The Morgan fingerprint density at radius 2 is 2.16 bits per heavy atom. The summed E-state index contributed by atoms with van der Waals surface area (Å²) in [5.41, 5.74) is 2.19. The number of hydrogen-bond acceptors (Lipinski definition) is 5. The zero-order valence-electron chi connectivity index (χ0n) is 14.1. The number of carbonyl (C=O) groups is 1. The van der Waals surface area contributed by atoms with Crippen molar-refractivity contribution in [2.24, 2.45) is 0 Å². The van der Waals surface area contributed by atoms with Crippen LogP contribution in [0, 0.1) is 0 Å². The summed E-state index contributed by atoms with van der Waals surface area (Å²) in [5, 5.41) is 6.34. The molecule has 4 rings (SSSR count). The molecule has 0 spiro atoms. The Hall–Kier alpha value is -2.44. The molecule has 2 bridgehead atoms. The number of carbonyl (C=O) groups excluding carboxylic acids is 1. The van der Waals surface area contributed by atoms with Crippen LogP contribution in [0.15, 0.2) is 42.5 Å². The molecule has 3 atom stereocenters. The number of rotatable bonds is 5. The van der Waals surface area contributed by atoms with Crippen molar-refractivity contribution in [1.82, 2.24) is 10.3 Å². The fourth-order valence-electron chi connectivity index (χ4n) is 3.40. The van der Waals surface area contributed by atoms with E-state index in [1.807, 2.05) is 31.2 Å². The second-order valence-corrected chi connectivity index (χ2v) is 6.30. The van der Waals surface area contributed by atoms with Gasteiger partial charge in [-0.05, 0) is 37.1 Å². The minimum Gasteiger partial charge on any atom is -0.478 e. The van der Waals surface area contributed by atoms with Crippen molar-refractivity contribution in [1.29, 1.82) is 0 Å². The number of morpholine rings is 1. The molecule has 2 aliphatic heterocycles. The Morgan fingerprint density at radius 1 is 1.32 bits per heavy atom. The number of hydrogen-bond donors (Lipinski definition) is 2. The van der Waals surface area contributed by atoms with Gasteiger partial charge in [0.2, 0.25) is 5.88 Å². The van der Waals surface area contributed by atoms with E-state index in [9.17, 15) is 4.79 Å². The third-order valence-electron chi connectivity index (χ3n) is 4.57. The van der Waals surface area contributed by atoms with Crippen LogP contribution in [0.1, 0.15) is 35.5 Å². The Labute approximate surface area is 146 Å². The summed E-state index contributed by atoms with van der Waals surface area (Å²) in [6, 6.07) is 13.4. The van der Waals surface area contributed by atoms with Crippen LogP contribution >= 0.6 is 0 Å². The molecule has 1 amide bonds. The van der Waals surface area contributed by atoms with Gasteiger partial charge in [0.15, 0.2) is 0 Å². The van der Waals surface area contributed by atoms with Crippen molar-refractivity contribution in [3.63, 3.8) is 0 Å². The van der Waals surface area contributed by atoms with Crippen LogP contribution in [0.4, 0.5) is 5.69 Å². The summed E-state index contributed by atoms with van der Waals surface area (Å²) < 4.78 is 11.3. The molecule has 0 saturated carbocycles. The lowest BCUT2D eigenvalue weighted by Crippen LogP contribution is -2.33. The van der Waals surface area contributed by atoms with E-state index in [1.54, 1.807) is 18.2 Å². The van der Waals surface area contributed by atoms with Crippen molar-refractivity contribution >= 4 is 11.6 Å². The van der Waals surface area contributed by atoms with Gasteiger partial charge in [0.1, 0.15) is 5.69 Å². The Balaban J connectivity index is 1.42. The van der Waals surface area contributed by atoms with Crippen LogP contribution in [0.3, 0.4) is 0 Å². The SMILES string of the molecule is CCOc1cccc(C(=O)Nc2ccc([C@H]3O[C@@H]4CN[C@H]3C4)cc2)n1. The van der Waals surface area contributed by atoms with Crippen LogP contribution in [0.25, 0.3) is 0 Å². The lowest BCUT2D eigenvalue weighted by molar-refractivity contribution is 0.0160. The quantitative estimate of drug-likeness (QED) is 0.876. The molecule has 2 aromatic rings. The molecule has 130 valence electrons. The van der Waals surface area contributed by atoms with E-state index < -0.39 is 0 Å². The molecular formula is C19H21N3O3. The highest BCUT2D eigenvalue weighted by atomic mass is 16.5. The first kappa shape index (κ1) is 16.1. The fraction of sp³-hybridized carbons (Fsp3) is 0.368. The Morgan fingerprint density at radius 3 is 2.84 bits per heavy atom. The Kier molecular flexibility index (Phi) is 4.38. The van der Waals surface area contributed by atoms with E-state index in [1.165, 1.54) is 0 Å². The third kappa shape index (κ3) is 3.36. The summed E-state index contributed by atoms with van der Waals surface area (Å²) in [4.78, 5) is 16.6. The number of fused-ring (bicyclic) bond motifs is 2. The minimum atomic E-state index is -0.257. The smallest absolute Gasteiger partial charge is 0.274 e. The average molecular weight is 339 g/mol. The van der Waals surface area contributed by atoms with E-state index in [2.05, 4.69) is 15.6 Å². The normalized spacial score (nSPS) is 24.3. The van der Waals surface area contributed by atoms with E-state index in [0.29, 0.717) is 30.3 Å². The predicted molar refractivity (Wildman–Crippen MR) is 93.8 cm³/mol. The molecule has 6 heteroatoms. The topological polar surface area (TPSA) is 72.5 Å². The second kappa shape index (κ2) is 6.82. The first-order valence-corrected chi connectivity index (χ1v) is 8.63. The third-order valence-corrected chi connectivity index (χ3v) is 4.57. The second-order valence-electron chi connectivity index (χ2n) is 6.30.